The Bertz CT molecular complexity index is 395. The normalized spacial score (nSPS) is 37.5. The first-order chi connectivity index (χ1) is 6.80. The number of carbonyl (C=O) groups is 2. The summed E-state index contributed by atoms with van der Waals surface area (Å²) in [6.45, 7) is 3.10. The van der Waals surface area contributed by atoms with E-state index < -0.39 is 23.1 Å². The summed E-state index contributed by atoms with van der Waals surface area (Å²) in [7, 11) is 0. The summed E-state index contributed by atoms with van der Waals surface area (Å²) >= 11 is 0. The highest BCUT2D eigenvalue weighted by Gasteiger charge is 2.57. The van der Waals surface area contributed by atoms with Crippen LogP contribution in [0.3, 0.4) is 0 Å². The first-order valence-corrected chi connectivity index (χ1v) is 4.42. The molecule has 0 radical (unpaired) electrons. The summed E-state index contributed by atoms with van der Waals surface area (Å²) in [6, 6.07) is 0. The predicted molar refractivity (Wildman–Crippen MR) is 49.3 cm³/mol. The van der Waals surface area contributed by atoms with Gasteiger partial charge in [-0.1, -0.05) is 0 Å². The van der Waals surface area contributed by atoms with Crippen LogP contribution in [0.1, 0.15) is 13.8 Å². The fourth-order valence-electron chi connectivity index (χ4n) is 2.23. The van der Waals surface area contributed by atoms with E-state index in [1.165, 1.54) is 0 Å². The lowest BCUT2D eigenvalue weighted by molar-refractivity contribution is -0.136. The first-order valence-electron chi connectivity index (χ1n) is 4.42. The van der Waals surface area contributed by atoms with Crippen LogP contribution >= 0.6 is 0 Å². The fourth-order valence-corrected chi connectivity index (χ4v) is 2.23. The number of carboxylic acid groups (broad SMARTS) is 2. The summed E-state index contributed by atoms with van der Waals surface area (Å²) in [5.41, 5.74) is -2.59. The molecule has 0 saturated heterocycles. The summed E-state index contributed by atoms with van der Waals surface area (Å²) in [5, 5.41) is 18.0. The molecule has 2 heterocycles. The van der Waals surface area contributed by atoms with Crippen molar-refractivity contribution in [3.63, 3.8) is 0 Å². The number of fused-ring (bicyclic) bond motifs is 2. The molecule has 2 aliphatic rings. The zero-order valence-corrected chi connectivity index (χ0v) is 8.27. The van der Waals surface area contributed by atoms with Crippen LogP contribution in [0.2, 0.25) is 0 Å². The zero-order chi connectivity index (χ0) is 11.4. The summed E-state index contributed by atoms with van der Waals surface area (Å²) in [4.78, 5) is 22.0. The molecule has 2 rings (SSSR count). The van der Waals surface area contributed by atoms with Gasteiger partial charge in [0.05, 0.1) is 11.1 Å². The first kappa shape index (κ1) is 9.92. The van der Waals surface area contributed by atoms with E-state index in [-0.39, 0.29) is 11.1 Å². The van der Waals surface area contributed by atoms with Crippen LogP contribution in [0.5, 0.6) is 0 Å². The number of rotatable bonds is 2. The van der Waals surface area contributed by atoms with E-state index >= 15 is 0 Å². The van der Waals surface area contributed by atoms with Crippen molar-refractivity contribution < 1.29 is 24.5 Å². The van der Waals surface area contributed by atoms with Crippen molar-refractivity contribution in [1.29, 1.82) is 0 Å². The third kappa shape index (κ3) is 1.07. The Morgan fingerprint density at radius 3 is 1.67 bits per heavy atom. The van der Waals surface area contributed by atoms with E-state index in [1.54, 1.807) is 26.0 Å². The smallest absolute Gasteiger partial charge is 0.335 e. The maximum atomic E-state index is 11.0. The zero-order valence-electron chi connectivity index (χ0n) is 8.27. The van der Waals surface area contributed by atoms with Crippen LogP contribution in [-0.4, -0.2) is 33.4 Å². The Morgan fingerprint density at radius 1 is 1.07 bits per heavy atom. The maximum Gasteiger partial charge on any atom is 0.335 e. The number of carboxylic acids is 2. The van der Waals surface area contributed by atoms with Crippen molar-refractivity contribution >= 4 is 11.9 Å². The molecule has 0 spiro atoms. The van der Waals surface area contributed by atoms with Crippen molar-refractivity contribution in [2.75, 3.05) is 0 Å². The van der Waals surface area contributed by atoms with E-state index in [0.717, 1.165) is 0 Å². The number of aliphatic carboxylic acids is 2. The molecule has 0 aromatic carbocycles. The summed E-state index contributed by atoms with van der Waals surface area (Å²) < 4.78 is 5.45. The molecule has 2 bridgehead atoms. The second kappa shape index (κ2) is 2.49. The third-order valence-electron chi connectivity index (χ3n) is 2.81. The monoisotopic (exact) mass is 210 g/mol. The van der Waals surface area contributed by atoms with Crippen LogP contribution in [0.25, 0.3) is 0 Å². The Morgan fingerprint density at radius 2 is 1.40 bits per heavy atom. The molecule has 80 valence electrons. The van der Waals surface area contributed by atoms with Crippen LogP contribution in [0.15, 0.2) is 23.3 Å². The lowest BCUT2D eigenvalue weighted by Gasteiger charge is -2.19. The van der Waals surface area contributed by atoms with E-state index in [0.29, 0.717) is 0 Å². The maximum absolute atomic E-state index is 11.0. The number of ether oxygens (including phenoxy) is 1. The highest BCUT2D eigenvalue weighted by Crippen LogP contribution is 2.49. The molecule has 2 N–H and O–H groups in total. The van der Waals surface area contributed by atoms with Crippen LogP contribution < -0.4 is 0 Å². The molecule has 0 aromatic rings. The van der Waals surface area contributed by atoms with Gasteiger partial charge in [0, 0.05) is 0 Å². The number of hydrogen-bond donors (Lipinski definition) is 2. The van der Waals surface area contributed by atoms with Gasteiger partial charge in [-0.05, 0) is 26.0 Å². The van der Waals surface area contributed by atoms with Crippen LogP contribution in [-0.2, 0) is 14.3 Å². The van der Waals surface area contributed by atoms with Gasteiger partial charge in [0.1, 0.15) is 11.2 Å². The summed E-state index contributed by atoms with van der Waals surface area (Å²) in [5.74, 6) is -2.49. The lowest BCUT2D eigenvalue weighted by Crippen LogP contribution is -2.27. The number of hydrogen-bond acceptors (Lipinski definition) is 3. The molecule has 0 amide bonds. The van der Waals surface area contributed by atoms with Crippen LogP contribution in [0, 0.1) is 0 Å². The molecule has 0 aromatic heterocycles. The van der Waals surface area contributed by atoms with Crippen molar-refractivity contribution in [1.82, 2.24) is 0 Å². The Hall–Kier alpha value is -1.62. The second-order valence-corrected chi connectivity index (χ2v) is 4.01. The van der Waals surface area contributed by atoms with Gasteiger partial charge >= 0.3 is 11.9 Å². The van der Waals surface area contributed by atoms with E-state index in [1.807, 2.05) is 0 Å². The van der Waals surface area contributed by atoms with Crippen molar-refractivity contribution in [2.24, 2.45) is 0 Å². The molecule has 0 fully saturated rings. The SMILES string of the molecule is C[C@]12C=C[C@](C)(O1)C(C(=O)O)=C2C(=O)O. The van der Waals surface area contributed by atoms with Gasteiger partial charge in [-0.15, -0.1) is 0 Å². The van der Waals surface area contributed by atoms with E-state index in [9.17, 15) is 9.59 Å². The van der Waals surface area contributed by atoms with Gasteiger partial charge < -0.3 is 14.9 Å². The van der Waals surface area contributed by atoms with Crippen molar-refractivity contribution in [3.05, 3.63) is 23.3 Å². The fraction of sp³-hybridized carbons (Fsp3) is 0.400. The van der Waals surface area contributed by atoms with Gasteiger partial charge in [0.15, 0.2) is 0 Å². The molecular formula is C10H10O5. The highest BCUT2D eigenvalue weighted by atomic mass is 16.5. The Labute approximate surface area is 85.7 Å². The average Bonchev–Trinajstić information content (AvgIpc) is 2.49. The van der Waals surface area contributed by atoms with Crippen molar-refractivity contribution in [3.8, 4) is 0 Å². The Balaban J connectivity index is 2.68. The predicted octanol–water partition coefficient (Wildman–Crippen LogP) is 0.570. The Kier molecular flexibility index (Phi) is 1.65. The second-order valence-electron chi connectivity index (χ2n) is 4.01. The lowest BCUT2D eigenvalue weighted by atomic mass is 9.83. The molecule has 0 saturated carbocycles. The minimum Gasteiger partial charge on any atom is -0.478 e. The van der Waals surface area contributed by atoms with Crippen LogP contribution in [0.4, 0.5) is 0 Å². The van der Waals surface area contributed by atoms with E-state index in [4.69, 9.17) is 14.9 Å². The molecule has 2 aliphatic heterocycles. The summed E-state index contributed by atoms with van der Waals surface area (Å²) in [6.07, 6.45) is 3.17. The molecule has 15 heavy (non-hydrogen) atoms. The average molecular weight is 210 g/mol. The molecule has 2 atom stereocenters. The quantitative estimate of drug-likeness (QED) is 0.651. The van der Waals surface area contributed by atoms with Gasteiger partial charge in [0.2, 0.25) is 0 Å². The van der Waals surface area contributed by atoms with Gasteiger partial charge in [0.25, 0.3) is 0 Å². The largest absolute Gasteiger partial charge is 0.478 e. The van der Waals surface area contributed by atoms with Gasteiger partial charge in [-0.2, -0.15) is 0 Å². The standard InChI is InChI=1S/C10H10O5/c1-9-3-4-10(2,15-9)6(8(13)14)5(9)7(11)12/h3-4H,1-2H3,(H,11,12)(H,13,14)/t9-,10+. The molecular weight excluding hydrogens is 200 g/mol. The third-order valence-corrected chi connectivity index (χ3v) is 2.81. The highest BCUT2D eigenvalue weighted by molar-refractivity contribution is 6.04. The van der Waals surface area contributed by atoms with Gasteiger partial charge in [-0.25, -0.2) is 9.59 Å². The van der Waals surface area contributed by atoms with E-state index in [2.05, 4.69) is 0 Å². The van der Waals surface area contributed by atoms with Crippen molar-refractivity contribution in [2.45, 2.75) is 25.0 Å². The molecule has 0 aliphatic carbocycles. The van der Waals surface area contributed by atoms with Gasteiger partial charge in [-0.3, -0.25) is 0 Å². The minimum atomic E-state index is -1.25. The minimum absolute atomic E-state index is 0.181. The molecule has 5 heteroatoms. The molecule has 5 nitrogen and oxygen atoms in total. The molecule has 0 unspecified atom stereocenters. The topological polar surface area (TPSA) is 83.8 Å².